The minimum absolute atomic E-state index is 0.0577. The van der Waals surface area contributed by atoms with Gasteiger partial charge in [-0.2, -0.15) is 0 Å². The highest BCUT2D eigenvalue weighted by Crippen LogP contribution is 2.07. The van der Waals surface area contributed by atoms with Gasteiger partial charge < -0.3 is 11.1 Å². The molecule has 1 rings (SSSR count). The highest BCUT2D eigenvalue weighted by Gasteiger charge is 2.11. The van der Waals surface area contributed by atoms with Gasteiger partial charge in [-0.25, -0.2) is 0 Å². The van der Waals surface area contributed by atoms with Gasteiger partial charge in [0.25, 0.3) is 5.91 Å². The molecule has 0 aromatic heterocycles. The molecule has 18 heavy (non-hydrogen) atoms. The smallest absolute Gasteiger partial charge is 0.251 e. The summed E-state index contributed by atoms with van der Waals surface area (Å²) < 4.78 is 0. The molecule has 0 radical (unpaired) electrons. The van der Waals surface area contributed by atoms with Crippen molar-refractivity contribution in [3.05, 3.63) is 35.4 Å². The van der Waals surface area contributed by atoms with Crippen molar-refractivity contribution in [3.63, 3.8) is 0 Å². The number of thiocarbonyl (C=S) groups is 1. The van der Waals surface area contributed by atoms with E-state index in [2.05, 4.69) is 19.2 Å². The lowest BCUT2D eigenvalue weighted by molar-refractivity contribution is 0.0936. The Morgan fingerprint density at radius 1 is 1.22 bits per heavy atom. The first kappa shape index (κ1) is 14.6. The zero-order valence-corrected chi connectivity index (χ0v) is 11.9. The van der Waals surface area contributed by atoms with E-state index in [4.69, 9.17) is 18.0 Å². The van der Waals surface area contributed by atoms with Crippen LogP contribution < -0.4 is 11.1 Å². The summed E-state index contributed by atoms with van der Waals surface area (Å²) in [6.07, 6.45) is 0.969. The van der Waals surface area contributed by atoms with Crippen LogP contribution in [0.3, 0.4) is 0 Å². The fourth-order valence-corrected chi connectivity index (χ4v) is 2.00. The van der Waals surface area contributed by atoms with Gasteiger partial charge in [-0.3, -0.25) is 4.79 Å². The molecule has 1 aromatic rings. The zero-order valence-electron chi connectivity index (χ0n) is 11.1. The van der Waals surface area contributed by atoms with Crippen LogP contribution in [0, 0.1) is 5.92 Å². The predicted molar refractivity (Wildman–Crippen MR) is 78.7 cm³/mol. The third-order valence-corrected chi connectivity index (χ3v) is 2.87. The number of hydrogen-bond acceptors (Lipinski definition) is 2. The number of rotatable bonds is 5. The van der Waals surface area contributed by atoms with Crippen LogP contribution in [0.25, 0.3) is 0 Å². The van der Waals surface area contributed by atoms with Crippen molar-refractivity contribution in [2.75, 3.05) is 0 Å². The molecule has 0 saturated carbocycles. The van der Waals surface area contributed by atoms with Gasteiger partial charge >= 0.3 is 0 Å². The van der Waals surface area contributed by atoms with Gasteiger partial charge in [-0.1, -0.05) is 38.2 Å². The summed E-state index contributed by atoms with van der Waals surface area (Å²) in [5.41, 5.74) is 6.91. The molecule has 3 nitrogen and oxygen atoms in total. The number of hydrogen-bond donors (Lipinski definition) is 2. The normalized spacial score (nSPS) is 12.2. The Kier molecular flexibility index (Phi) is 5.28. The van der Waals surface area contributed by atoms with E-state index in [1.165, 1.54) is 0 Å². The molecule has 1 atom stereocenters. The Morgan fingerprint density at radius 3 is 2.17 bits per heavy atom. The first-order valence-electron chi connectivity index (χ1n) is 6.11. The van der Waals surface area contributed by atoms with Gasteiger partial charge in [0.05, 0.1) is 0 Å². The fraction of sp³-hybridized carbons (Fsp3) is 0.429. The molecule has 0 aliphatic heterocycles. The highest BCUT2D eigenvalue weighted by molar-refractivity contribution is 7.80. The van der Waals surface area contributed by atoms with Crippen LogP contribution in [0.4, 0.5) is 0 Å². The van der Waals surface area contributed by atoms with E-state index in [1.807, 2.05) is 6.92 Å². The highest BCUT2D eigenvalue weighted by atomic mass is 32.1. The molecule has 1 aromatic carbocycles. The number of nitrogens with one attached hydrogen (secondary N) is 1. The summed E-state index contributed by atoms with van der Waals surface area (Å²) in [6.45, 7) is 6.29. The standard InChI is InChI=1S/C14H20N2OS/c1-9(2)8-10(3)16-14(17)12-6-4-11(5-7-12)13(15)18/h4-7,9-10H,8H2,1-3H3,(H2,15,18)(H,16,17). The van der Waals surface area contributed by atoms with Gasteiger partial charge in [0, 0.05) is 17.2 Å². The van der Waals surface area contributed by atoms with Gasteiger partial charge in [-0.15, -0.1) is 0 Å². The van der Waals surface area contributed by atoms with Crippen molar-refractivity contribution in [1.82, 2.24) is 5.32 Å². The van der Waals surface area contributed by atoms with E-state index in [1.54, 1.807) is 24.3 Å². The van der Waals surface area contributed by atoms with Crippen LogP contribution in [0.15, 0.2) is 24.3 Å². The molecule has 0 aliphatic rings. The quantitative estimate of drug-likeness (QED) is 0.803. The number of carbonyl (C=O) groups is 1. The molecule has 0 bridgehead atoms. The first-order valence-corrected chi connectivity index (χ1v) is 6.51. The molecule has 0 saturated heterocycles. The fourth-order valence-electron chi connectivity index (χ4n) is 1.86. The summed E-state index contributed by atoms with van der Waals surface area (Å²) in [4.78, 5) is 12.3. The molecule has 1 unspecified atom stereocenters. The van der Waals surface area contributed by atoms with E-state index in [9.17, 15) is 4.79 Å². The maximum atomic E-state index is 11.9. The average Bonchev–Trinajstić information content (AvgIpc) is 2.27. The summed E-state index contributed by atoms with van der Waals surface area (Å²) in [5.74, 6) is 0.509. The Morgan fingerprint density at radius 2 is 1.72 bits per heavy atom. The molecule has 4 heteroatoms. The maximum Gasteiger partial charge on any atom is 0.251 e. The molecule has 0 heterocycles. The summed E-state index contributed by atoms with van der Waals surface area (Å²) in [5, 5.41) is 2.97. The largest absolute Gasteiger partial charge is 0.389 e. The Labute approximate surface area is 114 Å². The second-order valence-electron chi connectivity index (χ2n) is 4.95. The monoisotopic (exact) mass is 264 g/mol. The molecule has 1 amide bonds. The third kappa shape index (κ3) is 4.45. The van der Waals surface area contributed by atoms with Gasteiger partial charge in [-0.05, 0) is 31.4 Å². The lowest BCUT2D eigenvalue weighted by atomic mass is 10.0. The van der Waals surface area contributed by atoms with E-state index in [-0.39, 0.29) is 11.9 Å². The van der Waals surface area contributed by atoms with Crippen molar-refractivity contribution < 1.29 is 4.79 Å². The van der Waals surface area contributed by atoms with Crippen LogP contribution >= 0.6 is 12.2 Å². The van der Waals surface area contributed by atoms with E-state index >= 15 is 0 Å². The molecule has 0 spiro atoms. The SMILES string of the molecule is CC(C)CC(C)NC(=O)c1ccc(C(N)=S)cc1. The van der Waals surface area contributed by atoms with Crippen LogP contribution in [0.2, 0.25) is 0 Å². The van der Waals surface area contributed by atoms with Crippen LogP contribution in [-0.4, -0.2) is 16.9 Å². The van der Waals surface area contributed by atoms with Gasteiger partial charge in [0.2, 0.25) is 0 Å². The lowest BCUT2D eigenvalue weighted by Gasteiger charge is -2.16. The predicted octanol–water partition coefficient (Wildman–Crippen LogP) is 2.49. The molecular weight excluding hydrogens is 244 g/mol. The van der Waals surface area contributed by atoms with Crippen molar-refractivity contribution in [2.24, 2.45) is 11.7 Å². The maximum absolute atomic E-state index is 11.9. The Hall–Kier alpha value is -1.42. The molecule has 3 N–H and O–H groups in total. The second kappa shape index (κ2) is 6.50. The number of nitrogens with two attached hydrogens (primary N) is 1. The van der Waals surface area contributed by atoms with E-state index in [0.29, 0.717) is 16.5 Å². The number of amides is 1. The topological polar surface area (TPSA) is 55.1 Å². The van der Waals surface area contributed by atoms with Crippen LogP contribution in [0.5, 0.6) is 0 Å². The third-order valence-electron chi connectivity index (χ3n) is 2.63. The minimum atomic E-state index is -0.0577. The number of carbonyl (C=O) groups excluding carboxylic acids is 1. The second-order valence-corrected chi connectivity index (χ2v) is 5.39. The van der Waals surface area contributed by atoms with Crippen LogP contribution in [-0.2, 0) is 0 Å². The van der Waals surface area contributed by atoms with E-state index in [0.717, 1.165) is 12.0 Å². The summed E-state index contributed by atoms with van der Waals surface area (Å²) in [7, 11) is 0. The number of benzene rings is 1. The first-order chi connectivity index (χ1) is 8.40. The summed E-state index contributed by atoms with van der Waals surface area (Å²) in [6, 6.07) is 7.19. The lowest BCUT2D eigenvalue weighted by Crippen LogP contribution is -2.33. The molecule has 98 valence electrons. The zero-order chi connectivity index (χ0) is 13.7. The van der Waals surface area contributed by atoms with Crippen molar-refractivity contribution in [3.8, 4) is 0 Å². The molecule has 0 fully saturated rings. The van der Waals surface area contributed by atoms with Crippen molar-refractivity contribution in [2.45, 2.75) is 33.2 Å². The van der Waals surface area contributed by atoms with E-state index < -0.39 is 0 Å². The molecular formula is C14H20N2OS. The Bertz CT molecular complexity index is 426. The molecule has 0 aliphatic carbocycles. The summed E-state index contributed by atoms with van der Waals surface area (Å²) >= 11 is 4.87. The average molecular weight is 264 g/mol. The van der Waals surface area contributed by atoms with Crippen molar-refractivity contribution >= 4 is 23.1 Å². The van der Waals surface area contributed by atoms with Crippen molar-refractivity contribution in [1.29, 1.82) is 0 Å². The Balaban J connectivity index is 2.64. The minimum Gasteiger partial charge on any atom is -0.389 e. The van der Waals surface area contributed by atoms with Gasteiger partial charge in [0.1, 0.15) is 4.99 Å². The van der Waals surface area contributed by atoms with Crippen LogP contribution in [0.1, 0.15) is 43.1 Å². The van der Waals surface area contributed by atoms with Gasteiger partial charge in [0.15, 0.2) is 0 Å².